The van der Waals surface area contributed by atoms with Gasteiger partial charge in [0.15, 0.2) is 0 Å². The molecule has 0 unspecified atom stereocenters. The van der Waals surface area contributed by atoms with Crippen molar-refractivity contribution in [1.29, 1.82) is 0 Å². The zero-order valence-corrected chi connectivity index (χ0v) is 22.9. The van der Waals surface area contributed by atoms with Crippen LogP contribution in [0, 0.1) is 7.14 Å². The molecule has 12 heteroatoms. The zero-order valence-electron chi connectivity index (χ0n) is 20.7. The Hall–Kier alpha value is -1.99. The van der Waals surface area contributed by atoms with Crippen molar-refractivity contribution < 1.29 is 47.4 Å². The number of carbonyl (C=O) groups is 1. The fourth-order valence-corrected chi connectivity index (χ4v) is 6.90. The summed E-state index contributed by atoms with van der Waals surface area (Å²) in [5, 5.41) is 0. The minimum absolute atomic E-state index is 0.163. The third-order valence-corrected chi connectivity index (χ3v) is 9.91. The van der Waals surface area contributed by atoms with E-state index in [2.05, 4.69) is 0 Å². The van der Waals surface area contributed by atoms with E-state index in [1.807, 2.05) is 41.5 Å². The molecule has 0 aliphatic carbocycles. The van der Waals surface area contributed by atoms with Gasteiger partial charge in [0.1, 0.15) is 0 Å². The van der Waals surface area contributed by atoms with Crippen LogP contribution in [0.4, 0.5) is 39.5 Å². The molecule has 208 valence electrons. The van der Waals surface area contributed by atoms with Crippen LogP contribution in [0.3, 0.4) is 0 Å². The van der Waals surface area contributed by atoms with Crippen LogP contribution in [0.1, 0.15) is 52.7 Å². The zero-order chi connectivity index (χ0) is 28.8. The molecular weight excluding hydrogens is 630 g/mol. The summed E-state index contributed by atoms with van der Waals surface area (Å²) in [7, 11) is 0. The molecule has 0 bridgehead atoms. The summed E-state index contributed by atoms with van der Waals surface area (Å²) in [5.74, 6) is -23.9. The Morgan fingerprint density at radius 3 is 1.19 bits per heavy atom. The first-order valence-corrected chi connectivity index (χ1v) is 13.8. The minimum atomic E-state index is -7.19. The monoisotopic (exact) mass is 656 g/mol. The number of rotatable bonds is 6. The number of halogens is 10. The summed E-state index contributed by atoms with van der Waals surface area (Å²) in [6.07, 6.45) is -7.04. The van der Waals surface area contributed by atoms with Crippen LogP contribution < -0.4 is 0 Å². The Morgan fingerprint density at radius 2 is 0.919 bits per heavy atom. The van der Waals surface area contributed by atoms with Crippen molar-refractivity contribution in [3.05, 3.63) is 66.8 Å². The molecule has 0 saturated carbocycles. The van der Waals surface area contributed by atoms with Gasteiger partial charge >= 0.3 is 217 Å². The van der Waals surface area contributed by atoms with Crippen molar-refractivity contribution in [2.45, 2.75) is 76.3 Å². The average molecular weight is 656 g/mol. The van der Waals surface area contributed by atoms with Crippen LogP contribution >= 0.6 is 20.2 Å². The molecule has 37 heavy (non-hydrogen) atoms. The van der Waals surface area contributed by atoms with Gasteiger partial charge in [-0.25, -0.2) is 0 Å². The third kappa shape index (κ3) is 6.19. The van der Waals surface area contributed by atoms with Gasteiger partial charge < -0.3 is 0 Å². The van der Waals surface area contributed by atoms with E-state index in [9.17, 15) is 44.3 Å². The number of hydrogen-bond donors (Lipinski definition) is 0. The molecule has 2 aromatic carbocycles. The Kier molecular flexibility index (Phi) is 8.40. The predicted octanol–water partition coefficient (Wildman–Crippen LogP) is 8.75. The van der Waals surface area contributed by atoms with Gasteiger partial charge in [0.25, 0.3) is 0 Å². The van der Waals surface area contributed by atoms with E-state index < -0.39 is 50.1 Å². The maximum absolute atomic E-state index is 14.3. The van der Waals surface area contributed by atoms with Crippen LogP contribution in [0.5, 0.6) is 0 Å². The first-order valence-electron chi connectivity index (χ1n) is 10.8. The van der Waals surface area contributed by atoms with Crippen LogP contribution in [0.15, 0.2) is 48.5 Å². The van der Waals surface area contributed by atoms with Crippen LogP contribution in [-0.2, 0) is 18.7 Å². The topological polar surface area (TPSA) is 26.3 Å². The molecule has 2 rings (SSSR count). The van der Waals surface area contributed by atoms with E-state index in [1.54, 1.807) is 24.3 Å². The standard InChI is InChI=1S/C25H26F9IO2/c1-20(2,3)15-7-11-17(12-8-15)35(18-13-9-16(10-14-18)21(4,5)6)37-19(36)22(26,27)23(28,29)24(30,31)25(32,33)34/h7-14H,1-6H3. The number of hydrogen-bond acceptors (Lipinski definition) is 2. The summed E-state index contributed by atoms with van der Waals surface area (Å²) >= 11 is -3.85. The van der Waals surface area contributed by atoms with E-state index >= 15 is 0 Å². The summed E-state index contributed by atoms with van der Waals surface area (Å²) in [6, 6.07) is 12.1. The molecule has 0 N–H and O–H groups in total. The fraction of sp³-hybridized carbons (Fsp3) is 0.480. The van der Waals surface area contributed by atoms with E-state index in [-0.39, 0.29) is 18.0 Å². The molecular formula is C25H26F9IO2. The van der Waals surface area contributed by atoms with E-state index in [1.165, 1.54) is 24.3 Å². The average Bonchev–Trinajstić information content (AvgIpc) is 2.75. The Balaban J connectivity index is 2.56. The van der Waals surface area contributed by atoms with Crippen molar-refractivity contribution in [2.75, 3.05) is 0 Å². The molecule has 0 aliphatic heterocycles. The Labute approximate surface area is 216 Å². The number of carbonyl (C=O) groups excluding carboxylic acids is 1. The van der Waals surface area contributed by atoms with Crippen LogP contribution in [-0.4, -0.2) is 29.9 Å². The molecule has 0 fully saturated rings. The van der Waals surface area contributed by atoms with Gasteiger partial charge in [-0.15, -0.1) is 0 Å². The molecule has 0 aliphatic rings. The van der Waals surface area contributed by atoms with Gasteiger partial charge in [0.05, 0.1) is 0 Å². The molecule has 0 radical (unpaired) electrons. The van der Waals surface area contributed by atoms with Gasteiger partial charge in [-0.1, -0.05) is 0 Å². The second kappa shape index (κ2) is 9.96. The number of alkyl halides is 9. The Bertz CT molecular complexity index is 1040. The predicted molar refractivity (Wildman–Crippen MR) is 129 cm³/mol. The van der Waals surface area contributed by atoms with E-state index in [0.29, 0.717) is 0 Å². The van der Waals surface area contributed by atoms with Crippen LogP contribution in [0.2, 0.25) is 0 Å². The van der Waals surface area contributed by atoms with E-state index in [0.717, 1.165) is 11.1 Å². The van der Waals surface area contributed by atoms with Crippen molar-refractivity contribution in [3.63, 3.8) is 0 Å². The summed E-state index contributed by atoms with van der Waals surface area (Å²) in [6.45, 7) is 11.3. The third-order valence-electron chi connectivity index (χ3n) is 5.37. The van der Waals surface area contributed by atoms with Gasteiger partial charge in [-0.2, -0.15) is 0 Å². The molecule has 2 nitrogen and oxygen atoms in total. The van der Waals surface area contributed by atoms with Crippen molar-refractivity contribution in [2.24, 2.45) is 0 Å². The second-order valence-electron chi connectivity index (χ2n) is 10.3. The maximum atomic E-state index is 14.3. The second-order valence-corrected chi connectivity index (χ2v) is 14.7. The molecule has 0 atom stereocenters. The quantitative estimate of drug-likeness (QED) is 0.230. The van der Waals surface area contributed by atoms with Gasteiger partial charge in [0, 0.05) is 0 Å². The summed E-state index contributed by atoms with van der Waals surface area (Å²) in [4.78, 5) is 12.2. The molecule has 0 saturated heterocycles. The van der Waals surface area contributed by atoms with Crippen molar-refractivity contribution in [3.8, 4) is 0 Å². The van der Waals surface area contributed by atoms with E-state index in [4.69, 9.17) is 3.07 Å². The van der Waals surface area contributed by atoms with Crippen LogP contribution in [0.25, 0.3) is 0 Å². The molecule has 0 spiro atoms. The van der Waals surface area contributed by atoms with Gasteiger partial charge in [-0.05, 0) is 0 Å². The molecule has 0 amide bonds. The molecule has 0 heterocycles. The first kappa shape index (κ1) is 31.2. The number of benzene rings is 2. The normalized spacial score (nSPS) is 14.4. The fourth-order valence-electron chi connectivity index (χ4n) is 2.97. The molecule has 0 aromatic heterocycles. The van der Waals surface area contributed by atoms with Gasteiger partial charge in [-0.3, -0.25) is 0 Å². The first-order chi connectivity index (χ1) is 16.4. The van der Waals surface area contributed by atoms with Crippen molar-refractivity contribution in [1.82, 2.24) is 0 Å². The molecule has 2 aromatic rings. The Morgan fingerprint density at radius 1 is 0.595 bits per heavy atom. The summed E-state index contributed by atoms with van der Waals surface area (Å²) in [5.41, 5.74) is 0.924. The SMILES string of the molecule is CC(C)(C)c1ccc(I(OC(=O)C(F)(F)C(F)(F)C(F)(F)C(F)(F)F)c2ccc(C(C)(C)C)cc2)cc1. The summed E-state index contributed by atoms with van der Waals surface area (Å²) < 4.78 is 125. The van der Waals surface area contributed by atoms with Crippen molar-refractivity contribution >= 4 is 26.2 Å². The van der Waals surface area contributed by atoms with Gasteiger partial charge in [0.2, 0.25) is 0 Å².